The maximum Gasteiger partial charge on any atom is 0.269 e. The lowest BCUT2D eigenvalue weighted by molar-refractivity contribution is -0.384. The van der Waals surface area contributed by atoms with Crippen LogP contribution in [0.4, 0.5) is 5.69 Å². The van der Waals surface area contributed by atoms with Crippen LogP contribution in [-0.2, 0) is 11.2 Å². The van der Waals surface area contributed by atoms with E-state index >= 15 is 0 Å². The standard InChI is InChI=1S/C26H25ClN2O7/c1-33-24-13-17-11-12-28(26(30)16-36-20-7-3-18(27)4-8-20)23(22(17)14-25(24)34-2)15-35-21-9-5-19(6-10-21)29(31)32/h3-10,13-14,23H,11-12,15-16H2,1-2H3. The first-order chi connectivity index (χ1) is 17.4. The average molecular weight is 513 g/mol. The molecule has 1 unspecified atom stereocenters. The zero-order chi connectivity index (χ0) is 25.7. The summed E-state index contributed by atoms with van der Waals surface area (Å²) in [6, 6.07) is 15.9. The van der Waals surface area contributed by atoms with Gasteiger partial charge < -0.3 is 23.8 Å². The van der Waals surface area contributed by atoms with Gasteiger partial charge in [0, 0.05) is 23.7 Å². The number of hydrogen-bond donors (Lipinski definition) is 0. The lowest BCUT2D eigenvalue weighted by Crippen LogP contribution is -2.44. The van der Waals surface area contributed by atoms with Gasteiger partial charge in [-0.1, -0.05) is 11.6 Å². The molecule has 0 aromatic heterocycles. The normalized spacial score (nSPS) is 14.5. The molecule has 4 rings (SSSR count). The van der Waals surface area contributed by atoms with Crippen LogP contribution in [0.3, 0.4) is 0 Å². The van der Waals surface area contributed by atoms with Crippen molar-refractivity contribution in [3.8, 4) is 23.0 Å². The van der Waals surface area contributed by atoms with E-state index in [0.29, 0.717) is 41.0 Å². The molecule has 0 spiro atoms. The lowest BCUT2D eigenvalue weighted by Gasteiger charge is -2.37. The number of methoxy groups -OCH3 is 2. The minimum Gasteiger partial charge on any atom is -0.493 e. The fourth-order valence-electron chi connectivity index (χ4n) is 4.10. The molecule has 0 aliphatic carbocycles. The van der Waals surface area contributed by atoms with E-state index < -0.39 is 11.0 Å². The largest absolute Gasteiger partial charge is 0.493 e. The number of nitrogens with zero attached hydrogens (tertiary/aromatic N) is 2. The van der Waals surface area contributed by atoms with Crippen molar-refractivity contribution in [3.05, 3.63) is 86.9 Å². The van der Waals surface area contributed by atoms with E-state index in [0.717, 1.165) is 11.1 Å². The lowest BCUT2D eigenvalue weighted by atomic mass is 9.92. The van der Waals surface area contributed by atoms with Crippen LogP contribution < -0.4 is 18.9 Å². The molecule has 0 saturated heterocycles. The maximum absolute atomic E-state index is 13.3. The Labute approximate surface area is 213 Å². The number of fused-ring (bicyclic) bond motifs is 1. The molecule has 188 valence electrons. The molecule has 1 amide bonds. The number of nitro benzene ring substituents is 1. The van der Waals surface area contributed by atoms with Gasteiger partial charge >= 0.3 is 0 Å². The molecular weight excluding hydrogens is 488 g/mol. The van der Waals surface area contributed by atoms with Crippen LogP contribution in [0.15, 0.2) is 60.7 Å². The van der Waals surface area contributed by atoms with Crippen LogP contribution >= 0.6 is 11.6 Å². The van der Waals surface area contributed by atoms with Crippen LogP contribution in [-0.4, -0.2) is 49.7 Å². The Kier molecular flexibility index (Phi) is 7.80. The summed E-state index contributed by atoms with van der Waals surface area (Å²) in [5.41, 5.74) is 1.87. The summed E-state index contributed by atoms with van der Waals surface area (Å²) >= 11 is 5.92. The third-order valence-electron chi connectivity index (χ3n) is 5.95. The third-order valence-corrected chi connectivity index (χ3v) is 6.21. The number of halogens is 1. The van der Waals surface area contributed by atoms with Gasteiger partial charge in [-0.2, -0.15) is 0 Å². The van der Waals surface area contributed by atoms with E-state index in [4.69, 9.17) is 30.5 Å². The first-order valence-corrected chi connectivity index (χ1v) is 11.6. The number of non-ortho nitro benzene ring substituents is 1. The number of nitro groups is 1. The molecule has 1 aliphatic heterocycles. The van der Waals surface area contributed by atoms with Gasteiger partial charge in [-0.05, 0) is 66.1 Å². The Hall–Kier alpha value is -3.98. The average Bonchev–Trinajstić information content (AvgIpc) is 2.90. The van der Waals surface area contributed by atoms with Crippen molar-refractivity contribution in [2.45, 2.75) is 12.5 Å². The summed E-state index contributed by atoms with van der Waals surface area (Å²) in [7, 11) is 3.13. The zero-order valence-corrected chi connectivity index (χ0v) is 20.6. The third kappa shape index (κ3) is 5.63. The van der Waals surface area contributed by atoms with E-state index in [2.05, 4.69) is 0 Å². The fourth-order valence-corrected chi connectivity index (χ4v) is 4.23. The Morgan fingerprint density at radius 1 is 1.00 bits per heavy atom. The van der Waals surface area contributed by atoms with Crippen LogP contribution in [0.5, 0.6) is 23.0 Å². The molecule has 0 radical (unpaired) electrons. The van der Waals surface area contributed by atoms with Crippen LogP contribution in [0.1, 0.15) is 17.2 Å². The quantitative estimate of drug-likeness (QED) is 0.298. The Morgan fingerprint density at radius 2 is 1.61 bits per heavy atom. The van der Waals surface area contributed by atoms with Gasteiger partial charge in [0.1, 0.15) is 18.1 Å². The SMILES string of the molecule is COc1cc2c(cc1OC)C(COc1ccc([N+](=O)[O-])cc1)N(C(=O)COc1ccc(Cl)cc1)CC2. The van der Waals surface area contributed by atoms with Gasteiger partial charge in [0.2, 0.25) is 0 Å². The van der Waals surface area contributed by atoms with Gasteiger partial charge in [-0.3, -0.25) is 14.9 Å². The topological polar surface area (TPSA) is 100 Å². The van der Waals surface area contributed by atoms with Crippen molar-refractivity contribution in [3.63, 3.8) is 0 Å². The minimum absolute atomic E-state index is 0.0293. The second kappa shape index (κ2) is 11.2. The van der Waals surface area contributed by atoms with E-state index in [-0.39, 0.29) is 24.8 Å². The number of carbonyl (C=O) groups excluding carboxylic acids is 1. The number of carbonyl (C=O) groups is 1. The number of rotatable bonds is 9. The minimum atomic E-state index is -0.470. The molecule has 0 bridgehead atoms. The second-order valence-corrected chi connectivity index (χ2v) is 8.50. The van der Waals surface area contributed by atoms with Crippen LogP contribution in [0, 0.1) is 10.1 Å². The van der Waals surface area contributed by atoms with Crippen LogP contribution in [0.2, 0.25) is 5.02 Å². The number of hydrogen-bond acceptors (Lipinski definition) is 7. The Bertz CT molecular complexity index is 1230. The summed E-state index contributed by atoms with van der Waals surface area (Å²) in [6.07, 6.45) is 0.621. The number of amides is 1. The van der Waals surface area contributed by atoms with E-state index in [9.17, 15) is 14.9 Å². The van der Waals surface area contributed by atoms with E-state index in [1.165, 1.54) is 24.3 Å². The van der Waals surface area contributed by atoms with Crippen molar-refractivity contribution in [2.75, 3.05) is 34.0 Å². The van der Waals surface area contributed by atoms with Crippen molar-refractivity contribution in [1.82, 2.24) is 4.90 Å². The molecule has 36 heavy (non-hydrogen) atoms. The molecule has 3 aromatic rings. The highest BCUT2D eigenvalue weighted by molar-refractivity contribution is 6.30. The van der Waals surface area contributed by atoms with Gasteiger partial charge in [0.05, 0.1) is 25.2 Å². The maximum atomic E-state index is 13.3. The first kappa shape index (κ1) is 25.1. The molecular formula is C26H25ClN2O7. The Morgan fingerprint density at radius 3 is 2.25 bits per heavy atom. The summed E-state index contributed by atoms with van der Waals surface area (Å²) in [5.74, 6) is 1.94. The number of ether oxygens (including phenoxy) is 4. The van der Waals surface area contributed by atoms with Gasteiger partial charge in [0.25, 0.3) is 11.6 Å². The highest BCUT2D eigenvalue weighted by atomic mass is 35.5. The van der Waals surface area contributed by atoms with Crippen LogP contribution in [0.25, 0.3) is 0 Å². The van der Waals surface area contributed by atoms with Crippen molar-refractivity contribution < 1.29 is 28.7 Å². The monoisotopic (exact) mass is 512 g/mol. The molecule has 1 aliphatic rings. The molecule has 10 heteroatoms. The zero-order valence-electron chi connectivity index (χ0n) is 19.8. The Balaban J connectivity index is 1.57. The predicted molar refractivity (Wildman–Crippen MR) is 133 cm³/mol. The number of benzene rings is 3. The predicted octanol–water partition coefficient (Wildman–Crippen LogP) is 4.85. The van der Waals surface area contributed by atoms with Gasteiger partial charge in [-0.25, -0.2) is 0 Å². The fraction of sp³-hybridized carbons (Fsp3) is 0.269. The highest BCUT2D eigenvalue weighted by Crippen LogP contribution is 2.38. The molecule has 0 N–H and O–H groups in total. The van der Waals surface area contributed by atoms with Gasteiger partial charge in [0.15, 0.2) is 18.1 Å². The van der Waals surface area contributed by atoms with E-state index in [1.807, 2.05) is 12.1 Å². The molecule has 1 heterocycles. The summed E-state index contributed by atoms with van der Waals surface area (Å²) in [6.45, 7) is 0.435. The first-order valence-electron chi connectivity index (χ1n) is 11.2. The molecule has 0 saturated carbocycles. The van der Waals surface area contributed by atoms with E-state index in [1.54, 1.807) is 43.4 Å². The van der Waals surface area contributed by atoms with Crippen molar-refractivity contribution in [2.24, 2.45) is 0 Å². The van der Waals surface area contributed by atoms with Crippen molar-refractivity contribution in [1.29, 1.82) is 0 Å². The molecule has 1 atom stereocenters. The summed E-state index contributed by atoms with van der Waals surface area (Å²) in [5, 5.41) is 11.5. The molecule has 9 nitrogen and oxygen atoms in total. The van der Waals surface area contributed by atoms with Crippen molar-refractivity contribution >= 4 is 23.2 Å². The summed E-state index contributed by atoms with van der Waals surface area (Å²) in [4.78, 5) is 25.4. The molecule has 0 fully saturated rings. The van der Waals surface area contributed by atoms with Gasteiger partial charge in [-0.15, -0.1) is 0 Å². The second-order valence-electron chi connectivity index (χ2n) is 8.06. The molecule has 3 aromatic carbocycles. The smallest absolute Gasteiger partial charge is 0.269 e. The highest BCUT2D eigenvalue weighted by Gasteiger charge is 2.33. The summed E-state index contributed by atoms with van der Waals surface area (Å²) < 4.78 is 22.6.